The van der Waals surface area contributed by atoms with Crippen LogP contribution in [0, 0.1) is 5.82 Å². The largest absolute Gasteiger partial charge is 0.452 e. The monoisotopic (exact) mass is 311 g/mol. The van der Waals surface area contributed by atoms with Crippen LogP contribution < -0.4 is 16.4 Å². The molecule has 0 aliphatic heterocycles. The van der Waals surface area contributed by atoms with Gasteiger partial charge < -0.3 is 15.8 Å². The second-order valence-corrected chi connectivity index (χ2v) is 4.64. The molecule has 0 bridgehead atoms. The van der Waals surface area contributed by atoms with E-state index in [1.807, 2.05) is 12.2 Å². The van der Waals surface area contributed by atoms with Gasteiger partial charge in [0.05, 0.1) is 5.56 Å². The standard InChI is InChI=1S/C14H18FN3O4/c1-3-8(2)17-14(21)18-12(19)7-22-13(20)10-5-4-9(15)6-11(10)16/h4-6,8H,3,7,16H2,1-2H3,(H2,17,18,19,21)/t8-/m0/s1. The van der Waals surface area contributed by atoms with Crippen LogP contribution in [0.15, 0.2) is 18.2 Å². The number of ether oxygens (including phenoxy) is 1. The SMILES string of the molecule is CC[C@H](C)NC(=O)NC(=O)COC(=O)c1ccc(F)cc1N. The Morgan fingerprint density at radius 1 is 1.36 bits per heavy atom. The predicted molar refractivity (Wildman–Crippen MR) is 77.5 cm³/mol. The van der Waals surface area contributed by atoms with Crippen LogP contribution in [0.5, 0.6) is 0 Å². The third-order valence-corrected chi connectivity index (χ3v) is 2.81. The molecule has 0 unspecified atom stereocenters. The maximum atomic E-state index is 12.9. The number of rotatable bonds is 5. The highest BCUT2D eigenvalue weighted by Crippen LogP contribution is 2.14. The van der Waals surface area contributed by atoms with Crippen LogP contribution in [0.2, 0.25) is 0 Å². The third-order valence-electron chi connectivity index (χ3n) is 2.81. The summed E-state index contributed by atoms with van der Waals surface area (Å²) in [4.78, 5) is 34.5. The average molecular weight is 311 g/mol. The van der Waals surface area contributed by atoms with Crippen LogP contribution in [0.4, 0.5) is 14.9 Å². The van der Waals surface area contributed by atoms with Crippen LogP contribution >= 0.6 is 0 Å². The zero-order valence-electron chi connectivity index (χ0n) is 12.3. The first kappa shape index (κ1) is 17.4. The van der Waals surface area contributed by atoms with Crippen molar-refractivity contribution in [3.63, 3.8) is 0 Å². The first-order valence-electron chi connectivity index (χ1n) is 6.66. The molecule has 3 amide bonds. The third kappa shape index (κ3) is 5.39. The molecular weight excluding hydrogens is 293 g/mol. The number of esters is 1. The van der Waals surface area contributed by atoms with E-state index in [-0.39, 0.29) is 17.3 Å². The number of benzene rings is 1. The van der Waals surface area contributed by atoms with Gasteiger partial charge in [0.15, 0.2) is 6.61 Å². The Bertz CT molecular complexity index is 577. The molecule has 1 rings (SSSR count). The van der Waals surface area contributed by atoms with Crippen LogP contribution in [-0.4, -0.2) is 30.6 Å². The number of hydrogen-bond donors (Lipinski definition) is 3. The Balaban J connectivity index is 2.46. The number of carbonyl (C=O) groups excluding carboxylic acids is 3. The number of nitrogen functional groups attached to an aromatic ring is 1. The van der Waals surface area contributed by atoms with Crippen LogP contribution in [0.25, 0.3) is 0 Å². The molecule has 4 N–H and O–H groups in total. The molecule has 0 saturated carbocycles. The number of halogens is 1. The van der Waals surface area contributed by atoms with Crippen molar-refractivity contribution in [1.29, 1.82) is 0 Å². The van der Waals surface area contributed by atoms with E-state index >= 15 is 0 Å². The van der Waals surface area contributed by atoms with Crippen molar-refractivity contribution in [3.8, 4) is 0 Å². The first-order valence-corrected chi connectivity index (χ1v) is 6.66. The Kier molecular flexibility index (Phi) is 6.30. The van der Waals surface area contributed by atoms with E-state index in [2.05, 4.69) is 5.32 Å². The minimum atomic E-state index is -0.880. The smallest absolute Gasteiger partial charge is 0.340 e. The molecule has 120 valence electrons. The molecule has 8 heteroatoms. The van der Waals surface area contributed by atoms with Crippen molar-refractivity contribution in [2.24, 2.45) is 0 Å². The molecule has 0 radical (unpaired) electrons. The predicted octanol–water partition coefficient (Wildman–Crippen LogP) is 1.19. The Hall–Kier alpha value is -2.64. The van der Waals surface area contributed by atoms with Crippen LogP contribution in [0.3, 0.4) is 0 Å². The molecule has 7 nitrogen and oxygen atoms in total. The van der Waals surface area contributed by atoms with Gasteiger partial charge in [0.2, 0.25) is 0 Å². The van der Waals surface area contributed by atoms with Crippen molar-refractivity contribution in [1.82, 2.24) is 10.6 Å². The summed E-state index contributed by atoms with van der Waals surface area (Å²) < 4.78 is 17.6. The summed E-state index contributed by atoms with van der Waals surface area (Å²) in [5.74, 6) is -2.25. The van der Waals surface area contributed by atoms with Gasteiger partial charge in [-0.2, -0.15) is 0 Å². The number of carbonyl (C=O) groups is 3. The van der Waals surface area contributed by atoms with E-state index in [1.54, 1.807) is 6.92 Å². The highest BCUT2D eigenvalue weighted by atomic mass is 19.1. The summed E-state index contributed by atoms with van der Waals surface area (Å²) in [5, 5.41) is 4.54. The Labute approximate surface area is 127 Å². The Morgan fingerprint density at radius 3 is 2.64 bits per heavy atom. The van der Waals surface area contributed by atoms with Gasteiger partial charge in [-0.05, 0) is 31.5 Å². The topological polar surface area (TPSA) is 111 Å². The zero-order valence-corrected chi connectivity index (χ0v) is 12.3. The minimum Gasteiger partial charge on any atom is -0.452 e. The molecule has 1 aromatic carbocycles. The van der Waals surface area contributed by atoms with Crippen LogP contribution in [0.1, 0.15) is 30.6 Å². The molecule has 0 fully saturated rings. The van der Waals surface area contributed by atoms with Gasteiger partial charge in [0.1, 0.15) is 5.82 Å². The van der Waals surface area contributed by atoms with Crippen molar-refractivity contribution >= 4 is 23.6 Å². The number of anilines is 1. The molecular formula is C14H18FN3O4. The Morgan fingerprint density at radius 2 is 2.05 bits per heavy atom. The van der Waals surface area contributed by atoms with Crippen molar-refractivity contribution in [3.05, 3.63) is 29.6 Å². The quantitative estimate of drug-likeness (QED) is 0.559. The van der Waals surface area contributed by atoms with Crippen LogP contribution in [-0.2, 0) is 9.53 Å². The fraction of sp³-hybridized carbons (Fsp3) is 0.357. The molecule has 0 aromatic heterocycles. The lowest BCUT2D eigenvalue weighted by Gasteiger charge is -2.12. The second kappa shape index (κ2) is 7.96. The fourth-order valence-corrected chi connectivity index (χ4v) is 1.45. The van der Waals surface area contributed by atoms with Gasteiger partial charge >= 0.3 is 12.0 Å². The summed E-state index contributed by atoms with van der Waals surface area (Å²) >= 11 is 0. The molecule has 22 heavy (non-hydrogen) atoms. The normalized spacial score (nSPS) is 11.4. The maximum absolute atomic E-state index is 12.9. The lowest BCUT2D eigenvalue weighted by Crippen LogP contribution is -2.44. The lowest BCUT2D eigenvalue weighted by atomic mass is 10.2. The van der Waals surface area contributed by atoms with Gasteiger partial charge in [0.25, 0.3) is 5.91 Å². The molecule has 0 aliphatic carbocycles. The first-order chi connectivity index (χ1) is 10.3. The van der Waals surface area contributed by atoms with E-state index < -0.39 is 30.3 Å². The highest BCUT2D eigenvalue weighted by molar-refractivity contribution is 5.98. The summed E-state index contributed by atoms with van der Waals surface area (Å²) in [6.45, 7) is 3.01. The van der Waals surface area contributed by atoms with Gasteiger partial charge in [-0.25, -0.2) is 14.0 Å². The van der Waals surface area contributed by atoms with E-state index in [0.717, 1.165) is 18.2 Å². The van der Waals surface area contributed by atoms with Crippen molar-refractivity contribution in [2.75, 3.05) is 12.3 Å². The summed E-state index contributed by atoms with van der Waals surface area (Å²) in [7, 11) is 0. The summed E-state index contributed by atoms with van der Waals surface area (Å²) in [6, 6.07) is 2.41. The highest BCUT2D eigenvalue weighted by Gasteiger charge is 2.15. The minimum absolute atomic E-state index is 0.0572. The molecule has 0 saturated heterocycles. The molecule has 1 atom stereocenters. The van der Waals surface area contributed by atoms with Gasteiger partial charge in [-0.1, -0.05) is 6.92 Å². The fourth-order valence-electron chi connectivity index (χ4n) is 1.45. The summed E-state index contributed by atoms with van der Waals surface area (Å²) in [5.41, 5.74) is 5.32. The van der Waals surface area contributed by atoms with E-state index in [4.69, 9.17) is 10.5 Å². The number of imide groups is 1. The number of amides is 3. The lowest BCUT2D eigenvalue weighted by molar-refractivity contribution is -0.123. The van der Waals surface area contributed by atoms with E-state index in [1.165, 1.54) is 0 Å². The van der Waals surface area contributed by atoms with E-state index in [0.29, 0.717) is 6.42 Å². The number of urea groups is 1. The van der Waals surface area contributed by atoms with Crippen molar-refractivity contribution in [2.45, 2.75) is 26.3 Å². The van der Waals surface area contributed by atoms with Crippen molar-refractivity contribution < 1.29 is 23.5 Å². The van der Waals surface area contributed by atoms with Gasteiger partial charge in [-0.15, -0.1) is 0 Å². The molecule has 0 heterocycles. The average Bonchev–Trinajstić information content (AvgIpc) is 2.44. The molecule has 1 aromatic rings. The summed E-state index contributed by atoms with van der Waals surface area (Å²) in [6.07, 6.45) is 0.709. The number of hydrogen-bond acceptors (Lipinski definition) is 5. The maximum Gasteiger partial charge on any atom is 0.340 e. The number of nitrogens with one attached hydrogen (secondary N) is 2. The van der Waals surface area contributed by atoms with Gasteiger partial charge in [-0.3, -0.25) is 10.1 Å². The number of nitrogens with two attached hydrogens (primary N) is 1. The molecule has 0 spiro atoms. The molecule has 0 aliphatic rings. The second-order valence-electron chi connectivity index (χ2n) is 4.64. The van der Waals surface area contributed by atoms with Gasteiger partial charge in [0, 0.05) is 11.7 Å². The van der Waals surface area contributed by atoms with E-state index in [9.17, 15) is 18.8 Å². The zero-order chi connectivity index (χ0) is 16.7.